The molecule has 0 aromatic heterocycles. The molecular formula is C53H102N2O2. The normalized spacial score (nSPS) is 12.5. The zero-order valence-electron chi connectivity index (χ0n) is 39.6. The summed E-state index contributed by atoms with van der Waals surface area (Å²) in [7, 11) is 0. The van der Waals surface area contributed by atoms with E-state index in [-0.39, 0.29) is 10.9 Å². The van der Waals surface area contributed by atoms with Crippen molar-refractivity contribution in [2.75, 3.05) is 31.5 Å². The number of anilines is 1. The molecule has 0 aliphatic heterocycles. The van der Waals surface area contributed by atoms with Gasteiger partial charge < -0.3 is 10.2 Å². The van der Waals surface area contributed by atoms with E-state index in [9.17, 15) is 9.59 Å². The highest BCUT2D eigenvalue weighted by Gasteiger charge is 2.19. The highest BCUT2D eigenvalue weighted by Crippen LogP contribution is 2.26. The zero-order valence-corrected chi connectivity index (χ0v) is 39.6. The highest BCUT2D eigenvalue weighted by molar-refractivity contribution is 5.56. The first-order valence-electron chi connectivity index (χ1n) is 26.3. The van der Waals surface area contributed by atoms with Crippen LogP contribution in [0.1, 0.15) is 278 Å². The Kier molecular flexibility index (Phi) is 38.0. The first kappa shape index (κ1) is 53.9. The lowest BCUT2D eigenvalue weighted by atomic mass is 9.89. The Morgan fingerprint density at radius 3 is 1.11 bits per heavy atom. The summed E-state index contributed by atoms with van der Waals surface area (Å²) < 4.78 is 0. The molecule has 4 nitrogen and oxygen atoms in total. The van der Waals surface area contributed by atoms with Crippen LogP contribution in [0.5, 0.6) is 0 Å². The SMILES string of the molecule is CCCCCCCCC(CCC)CCCCCCCN(CCCCCCCC(CCCCCCCC)CCCCCCCC)CCCNc1c(CCC)c(=O)c1=O. The molecule has 1 aromatic rings. The maximum absolute atomic E-state index is 12.2. The molecule has 336 valence electrons. The number of hydrogen-bond acceptors (Lipinski definition) is 4. The smallest absolute Gasteiger partial charge is 0.249 e. The number of hydrogen-bond donors (Lipinski definition) is 1. The van der Waals surface area contributed by atoms with E-state index in [0.717, 1.165) is 49.8 Å². The van der Waals surface area contributed by atoms with Gasteiger partial charge in [0, 0.05) is 12.1 Å². The molecule has 0 heterocycles. The minimum atomic E-state index is -0.296. The van der Waals surface area contributed by atoms with E-state index in [0.29, 0.717) is 5.69 Å². The van der Waals surface area contributed by atoms with Gasteiger partial charge in [-0.2, -0.15) is 0 Å². The second-order valence-electron chi connectivity index (χ2n) is 18.7. The Morgan fingerprint density at radius 1 is 0.368 bits per heavy atom. The summed E-state index contributed by atoms with van der Waals surface area (Å²) in [6, 6.07) is 0. The van der Waals surface area contributed by atoms with E-state index in [4.69, 9.17) is 0 Å². The van der Waals surface area contributed by atoms with Crippen LogP contribution in [0.3, 0.4) is 0 Å². The average Bonchev–Trinajstić information content (AvgIpc) is 3.22. The zero-order chi connectivity index (χ0) is 41.4. The molecule has 4 heteroatoms. The predicted octanol–water partition coefficient (Wildman–Crippen LogP) is 16.3. The van der Waals surface area contributed by atoms with E-state index >= 15 is 0 Å². The topological polar surface area (TPSA) is 49.4 Å². The van der Waals surface area contributed by atoms with Crippen LogP contribution in [0, 0.1) is 11.8 Å². The predicted molar refractivity (Wildman–Crippen MR) is 256 cm³/mol. The maximum atomic E-state index is 12.2. The Bertz CT molecular complexity index is 1030. The van der Waals surface area contributed by atoms with Gasteiger partial charge in [0.15, 0.2) is 0 Å². The van der Waals surface area contributed by atoms with Gasteiger partial charge in [-0.05, 0) is 57.2 Å². The Morgan fingerprint density at radius 2 is 0.719 bits per heavy atom. The van der Waals surface area contributed by atoms with Gasteiger partial charge in [0.25, 0.3) is 0 Å². The van der Waals surface area contributed by atoms with E-state index in [1.165, 1.54) is 238 Å². The van der Waals surface area contributed by atoms with Crippen LogP contribution >= 0.6 is 0 Å². The Balaban J connectivity index is 2.45. The monoisotopic (exact) mass is 799 g/mol. The van der Waals surface area contributed by atoms with Crippen LogP contribution < -0.4 is 16.2 Å². The molecule has 1 rings (SSSR count). The van der Waals surface area contributed by atoms with Crippen molar-refractivity contribution in [3.63, 3.8) is 0 Å². The minimum absolute atomic E-state index is 0.259. The van der Waals surface area contributed by atoms with Crippen molar-refractivity contribution in [2.45, 2.75) is 279 Å². The quantitative estimate of drug-likeness (QED) is 0.0527. The van der Waals surface area contributed by atoms with Gasteiger partial charge in [0.1, 0.15) is 0 Å². The summed E-state index contributed by atoms with van der Waals surface area (Å²) in [4.78, 5) is 26.9. The van der Waals surface area contributed by atoms with Crippen LogP contribution in [-0.4, -0.2) is 31.1 Å². The first-order valence-corrected chi connectivity index (χ1v) is 26.3. The molecule has 0 fully saturated rings. The summed E-state index contributed by atoms with van der Waals surface area (Å²) >= 11 is 0. The molecule has 1 N–H and O–H groups in total. The largest absolute Gasteiger partial charge is 0.381 e. The van der Waals surface area contributed by atoms with Crippen molar-refractivity contribution in [1.29, 1.82) is 0 Å². The summed E-state index contributed by atoms with van der Waals surface area (Å²) in [6.07, 6.45) is 52.2. The Hall–Kier alpha value is -1.16. The van der Waals surface area contributed by atoms with Gasteiger partial charge in [0.2, 0.25) is 10.9 Å². The van der Waals surface area contributed by atoms with Crippen LogP contribution in [0.25, 0.3) is 0 Å². The summed E-state index contributed by atoms with van der Waals surface area (Å²) in [5.41, 5.74) is 0.794. The highest BCUT2D eigenvalue weighted by atomic mass is 16.2. The molecule has 1 unspecified atom stereocenters. The van der Waals surface area contributed by atoms with Crippen molar-refractivity contribution < 1.29 is 0 Å². The molecule has 1 aromatic carbocycles. The Labute approximate surface area is 357 Å². The molecule has 0 saturated heterocycles. The number of unbranched alkanes of at least 4 members (excludes halogenated alkanes) is 23. The third-order valence-electron chi connectivity index (χ3n) is 13.2. The van der Waals surface area contributed by atoms with Gasteiger partial charge in [0.05, 0.1) is 5.69 Å². The van der Waals surface area contributed by atoms with E-state index in [2.05, 4.69) is 44.8 Å². The van der Waals surface area contributed by atoms with Gasteiger partial charge >= 0.3 is 0 Å². The molecule has 0 amide bonds. The van der Waals surface area contributed by atoms with Crippen molar-refractivity contribution in [1.82, 2.24) is 4.90 Å². The van der Waals surface area contributed by atoms with Gasteiger partial charge in [-0.3, -0.25) is 9.59 Å². The molecule has 1 atom stereocenters. The second kappa shape index (κ2) is 40.3. The summed E-state index contributed by atoms with van der Waals surface area (Å²) in [5, 5.41) is 3.35. The van der Waals surface area contributed by atoms with Crippen molar-refractivity contribution in [3.05, 3.63) is 26.0 Å². The number of nitrogens with zero attached hydrogens (tertiary/aromatic N) is 1. The summed E-state index contributed by atoms with van der Waals surface area (Å²) in [6.45, 7) is 15.7. The van der Waals surface area contributed by atoms with Crippen molar-refractivity contribution >= 4 is 5.69 Å². The summed E-state index contributed by atoms with van der Waals surface area (Å²) in [5.74, 6) is 1.93. The van der Waals surface area contributed by atoms with Gasteiger partial charge in [-0.15, -0.1) is 0 Å². The molecule has 0 aliphatic rings. The third kappa shape index (κ3) is 29.7. The number of nitrogens with one attached hydrogen (secondary N) is 1. The molecule has 0 bridgehead atoms. The van der Waals surface area contributed by atoms with E-state index in [1.54, 1.807) is 0 Å². The van der Waals surface area contributed by atoms with Crippen LogP contribution in [-0.2, 0) is 6.42 Å². The average molecular weight is 799 g/mol. The maximum Gasteiger partial charge on any atom is 0.249 e. The fourth-order valence-electron chi connectivity index (χ4n) is 9.48. The van der Waals surface area contributed by atoms with Crippen molar-refractivity contribution in [2.24, 2.45) is 11.8 Å². The molecule has 0 spiro atoms. The lowest BCUT2D eigenvalue weighted by Crippen LogP contribution is -2.39. The van der Waals surface area contributed by atoms with Crippen LogP contribution in [0.4, 0.5) is 5.69 Å². The number of rotatable bonds is 46. The third-order valence-corrected chi connectivity index (χ3v) is 13.2. The molecular weight excluding hydrogens is 697 g/mol. The minimum Gasteiger partial charge on any atom is -0.381 e. The van der Waals surface area contributed by atoms with Crippen LogP contribution in [0.15, 0.2) is 9.59 Å². The van der Waals surface area contributed by atoms with E-state index < -0.39 is 0 Å². The molecule has 0 radical (unpaired) electrons. The van der Waals surface area contributed by atoms with Crippen molar-refractivity contribution in [3.8, 4) is 0 Å². The molecule has 57 heavy (non-hydrogen) atoms. The standard InChI is InChI=1S/C53H102N2O2/c1-6-11-14-17-22-29-39-48(37-9-4)40-30-25-20-27-34-45-55(47-36-44-54-51-50(38-10-5)52(56)53(51)57)46-35-28-21-26-33-43-49(41-31-23-18-15-12-7-2)42-32-24-19-16-13-8-3/h48-49,54H,6-47H2,1-5H3. The second-order valence-corrected chi connectivity index (χ2v) is 18.7. The fourth-order valence-corrected chi connectivity index (χ4v) is 9.48. The molecule has 0 saturated carbocycles. The molecule has 0 aliphatic carbocycles. The first-order chi connectivity index (χ1) is 28.0. The van der Waals surface area contributed by atoms with E-state index in [1.807, 2.05) is 0 Å². The lowest BCUT2D eigenvalue weighted by molar-refractivity contribution is 0.259. The van der Waals surface area contributed by atoms with Gasteiger partial charge in [-0.25, -0.2) is 0 Å². The fraction of sp³-hybridized carbons (Fsp3) is 0.925. The van der Waals surface area contributed by atoms with Gasteiger partial charge in [-0.1, -0.05) is 253 Å². The van der Waals surface area contributed by atoms with Crippen LogP contribution in [0.2, 0.25) is 0 Å². The lowest BCUT2D eigenvalue weighted by Gasteiger charge is -2.23.